The van der Waals surface area contributed by atoms with Gasteiger partial charge < -0.3 is 14.2 Å². The van der Waals surface area contributed by atoms with Gasteiger partial charge in [0.25, 0.3) is 5.60 Å². The van der Waals surface area contributed by atoms with Gasteiger partial charge in [0.2, 0.25) is 0 Å². The minimum Gasteiger partial charge on any atom is -0.497 e. The van der Waals surface area contributed by atoms with Gasteiger partial charge in [-0.25, -0.2) is 4.79 Å². The molecule has 0 saturated heterocycles. The molecule has 0 spiro atoms. The molecular weight excluding hydrogens is 474 g/mol. The van der Waals surface area contributed by atoms with Crippen LogP contribution in [0.4, 0.5) is 8.78 Å². The molecule has 0 radical (unpaired) electrons. The molecular formula is C22H23BrF2O4Si. The highest BCUT2D eigenvalue weighted by molar-refractivity contribution is 9.10. The van der Waals surface area contributed by atoms with E-state index in [9.17, 15) is 13.6 Å². The minimum absolute atomic E-state index is 0.0362. The van der Waals surface area contributed by atoms with Crippen molar-refractivity contribution in [1.82, 2.24) is 0 Å². The SMILES string of the molecule is CCOC(=O)[C@]1(C(F)(F)Br)OC(c2ccc(OC)cc2)=C1[Si](C)(C)c1ccccc1. The number of alkyl halides is 3. The number of esters is 1. The predicted octanol–water partition coefficient (Wildman–Crippen LogP) is 4.88. The Morgan fingerprint density at radius 2 is 1.73 bits per heavy atom. The number of methoxy groups -OCH3 is 1. The Balaban J connectivity index is 2.27. The van der Waals surface area contributed by atoms with Crippen LogP contribution in [0.15, 0.2) is 59.8 Å². The zero-order valence-electron chi connectivity index (χ0n) is 17.2. The van der Waals surface area contributed by atoms with Crippen LogP contribution in [0.5, 0.6) is 5.75 Å². The van der Waals surface area contributed by atoms with Crippen molar-refractivity contribution in [3.05, 3.63) is 65.4 Å². The molecule has 0 amide bonds. The molecule has 1 heterocycles. The molecule has 0 saturated carbocycles. The highest BCUT2D eigenvalue weighted by atomic mass is 79.9. The van der Waals surface area contributed by atoms with Crippen molar-refractivity contribution in [1.29, 1.82) is 0 Å². The Hall–Kier alpha value is -2.19. The van der Waals surface area contributed by atoms with E-state index in [-0.39, 0.29) is 17.6 Å². The number of hydrogen-bond acceptors (Lipinski definition) is 4. The van der Waals surface area contributed by atoms with E-state index < -0.39 is 24.5 Å². The van der Waals surface area contributed by atoms with Gasteiger partial charge in [-0.3, -0.25) is 0 Å². The van der Waals surface area contributed by atoms with Gasteiger partial charge in [-0.15, -0.1) is 0 Å². The van der Waals surface area contributed by atoms with E-state index in [0.717, 1.165) is 5.19 Å². The van der Waals surface area contributed by atoms with Crippen molar-refractivity contribution < 1.29 is 27.8 Å². The lowest BCUT2D eigenvalue weighted by Crippen LogP contribution is -2.68. The molecule has 0 unspecified atom stereocenters. The van der Waals surface area contributed by atoms with Crippen LogP contribution in [0.25, 0.3) is 5.76 Å². The van der Waals surface area contributed by atoms with Gasteiger partial charge in [0.05, 0.1) is 13.7 Å². The number of ether oxygens (including phenoxy) is 3. The number of carbonyl (C=O) groups is 1. The van der Waals surface area contributed by atoms with Crippen LogP contribution < -0.4 is 9.92 Å². The smallest absolute Gasteiger partial charge is 0.362 e. The topological polar surface area (TPSA) is 44.8 Å². The maximum absolute atomic E-state index is 15.0. The van der Waals surface area contributed by atoms with Crippen molar-refractivity contribution in [2.24, 2.45) is 0 Å². The molecule has 0 aliphatic carbocycles. The maximum Gasteiger partial charge on any atom is 0.362 e. The molecule has 30 heavy (non-hydrogen) atoms. The molecule has 8 heteroatoms. The van der Waals surface area contributed by atoms with E-state index in [1.54, 1.807) is 38.3 Å². The number of benzene rings is 2. The predicted molar refractivity (Wildman–Crippen MR) is 118 cm³/mol. The number of carbonyl (C=O) groups excluding carboxylic acids is 1. The monoisotopic (exact) mass is 496 g/mol. The zero-order valence-corrected chi connectivity index (χ0v) is 19.8. The lowest BCUT2D eigenvalue weighted by molar-refractivity contribution is -0.183. The summed E-state index contributed by atoms with van der Waals surface area (Å²) >= 11 is 2.42. The van der Waals surface area contributed by atoms with Crippen LogP contribution in [-0.2, 0) is 14.3 Å². The van der Waals surface area contributed by atoms with Crippen LogP contribution in [0.3, 0.4) is 0 Å². The molecule has 160 valence electrons. The molecule has 1 atom stereocenters. The summed E-state index contributed by atoms with van der Waals surface area (Å²) in [7, 11) is -1.24. The largest absolute Gasteiger partial charge is 0.497 e. The molecule has 3 rings (SSSR count). The molecule has 1 aliphatic rings. The summed E-state index contributed by atoms with van der Waals surface area (Å²) in [4.78, 5) is 9.21. The Bertz CT molecular complexity index is 955. The van der Waals surface area contributed by atoms with Gasteiger partial charge in [0.15, 0.2) is 0 Å². The fourth-order valence-corrected chi connectivity index (χ4v) is 7.62. The maximum atomic E-state index is 15.0. The van der Waals surface area contributed by atoms with Gasteiger partial charge in [-0.05, 0) is 47.1 Å². The quantitative estimate of drug-likeness (QED) is 0.311. The third kappa shape index (κ3) is 3.56. The molecule has 2 aromatic carbocycles. The lowest BCUT2D eigenvalue weighted by Gasteiger charge is -2.50. The second-order valence-corrected chi connectivity index (χ2v) is 12.7. The van der Waals surface area contributed by atoms with Gasteiger partial charge >= 0.3 is 10.8 Å². The van der Waals surface area contributed by atoms with Crippen LogP contribution in [0.1, 0.15) is 12.5 Å². The second kappa shape index (κ2) is 8.15. The standard InChI is InChI=1S/C22H23BrF2O4Si/c1-5-28-20(26)21(22(23,24)25)19(30(3,4)17-9-7-6-8-10-17)18(29-21)15-11-13-16(27-2)14-12-15/h6-14H,5H2,1-4H3/t21-/m1/s1. The first kappa shape index (κ1) is 22.5. The molecule has 0 N–H and O–H groups in total. The summed E-state index contributed by atoms with van der Waals surface area (Å²) < 4.78 is 45.8. The number of halogens is 3. The van der Waals surface area contributed by atoms with Gasteiger partial charge in [-0.2, -0.15) is 8.78 Å². The molecule has 4 nitrogen and oxygen atoms in total. The average Bonchev–Trinajstić information content (AvgIpc) is 2.67. The van der Waals surface area contributed by atoms with Crippen LogP contribution in [0.2, 0.25) is 13.1 Å². The van der Waals surface area contributed by atoms with Crippen molar-refractivity contribution in [2.45, 2.75) is 30.5 Å². The number of rotatable bonds is 7. The number of hydrogen-bond donors (Lipinski definition) is 0. The van der Waals surface area contributed by atoms with E-state index in [1.165, 1.54) is 0 Å². The summed E-state index contributed by atoms with van der Waals surface area (Å²) in [5, 5.41) is 1.19. The van der Waals surface area contributed by atoms with Crippen LogP contribution >= 0.6 is 15.9 Å². The Labute approximate surface area is 184 Å². The summed E-state index contributed by atoms with van der Waals surface area (Å²) in [6.45, 7) is 5.39. The third-order valence-corrected chi connectivity index (χ3v) is 9.43. The first-order valence-electron chi connectivity index (χ1n) is 9.47. The fourth-order valence-electron chi connectivity index (χ4n) is 3.73. The molecule has 1 aliphatic heterocycles. The Morgan fingerprint density at radius 1 is 1.13 bits per heavy atom. The molecule has 0 aromatic heterocycles. The van der Waals surface area contributed by atoms with E-state index in [1.807, 2.05) is 43.4 Å². The molecule has 0 bridgehead atoms. The first-order chi connectivity index (χ1) is 14.1. The van der Waals surface area contributed by atoms with Gasteiger partial charge in [0.1, 0.15) is 19.6 Å². The highest BCUT2D eigenvalue weighted by Crippen LogP contribution is 2.57. The first-order valence-corrected chi connectivity index (χ1v) is 13.3. The molecule has 2 aromatic rings. The Kier molecular flexibility index (Phi) is 6.11. The van der Waals surface area contributed by atoms with Crippen LogP contribution in [-0.4, -0.2) is 38.2 Å². The van der Waals surface area contributed by atoms with E-state index in [4.69, 9.17) is 14.2 Å². The second-order valence-electron chi connectivity index (χ2n) is 7.43. The summed E-state index contributed by atoms with van der Waals surface area (Å²) in [6, 6.07) is 16.3. The Morgan fingerprint density at radius 3 is 2.23 bits per heavy atom. The summed E-state index contributed by atoms with van der Waals surface area (Å²) in [6.07, 6.45) is 0. The van der Waals surface area contributed by atoms with Gasteiger partial charge in [0, 0.05) is 10.8 Å². The lowest BCUT2D eigenvalue weighted by atomic mass is 9.94. The zero-order chi connectivity index (χ0) is 22.2. The fraction of sp³-hybridized carbons (Fsp3) is 0.318. The third-order valence-electron chi connectivity index (χ3n) is 5.27. The summed E-state index contributed by atoms with van der Waals surface area (Å²) in [5.74, 6) is -0.191. The average molecular weight is 497 g/mol. The minimum atomic E-state index is -3.66. The highest BCUT2D eigenvalue weighted by Gasteiger charge is 2.73. The van der Waals surface area contributed by atoms with Crippen molar-refractivity contribution in [3.63, 3.8) is 0 Å². The van der Waals surface area contributed by atoms with Crippen molar-refractivity contribution >= 4 is 40.9 Å². The van der Waals surface area contributed by atoms with Crippen molar-refractivity contribution in [3.8, 4) is 5.75 Å². The van der Waals surface area contributed by atoms with Crippen molar-refractivity contribution in [2.75, 3.05) is 13.7 Å². The summed E-state index contributed by atoms with van der Waals surface area (Å²) in [5.41, 5.74) is -1.93. The van der Waals surface area contributed by atoms with E-state index in [0.29, 0.717) is 11.3 Å². The van der Waals surface area contributed by atoms with E-state index in [2.05, 4.69) is 15.9 Å². The van der Waals surface area contributed by atoms with E-state index >= 15 is 0 Å². The molecule has 0 fully saturated rings. The normalized spacial score (nSPS) is 19.0. The van der Waals surface area contributed by atoms with Gasteiger partial charge in [-0.1, -0.05) is 48.6 Å². The van der Waals surface area contributed by atoms with Crippen LogP contribution in [0, 0.1) is 0 Å².